The first kappa shape index (κ1) is 21.7. The second kappa shape index (κ2) is 9.57. The highest BCUT2D eigenvalue weighted by Gasteiger charge is 2.21. The van der Waals surface area contributed by atoms with Crippen LogP contribution in [0, 0.1) is 6.92 Å². The van der Waals surface area contributed by atoms with Gasteiger partial charge in [0.1, 0.15) is 10.6 Å². The first-order valence-corrected chi connectivity index (χ1v) is 10.6. The molecule has 0 heterocycles. The molecule has 148 valence electrons. The molecule has 2 rings (SSSR count). The van der Waals surface area contributed by atoms with Crippen LogP contribution in [0.3, 0.4) is 0 Å². The largest absolute Gasteiger partial charge is 0.495 e. The fraction of sp³-hybridized carbons (Fsp3) is 0.150. The second-order valence-corrected chi connectivity index (χ2v) is 8.33. The van der Waals surface area contributed by atoms with Crippen molar-refractivity contribution in [2.24, 2.45) is 0 Å². The van der Waals surface area contributed by atoms with Gasteiger partial charge in [-0.1, -0.05) is 24.3 Å². The lowest BCUT2D eigenvalue weighted by Gasteiger charge is -2.14. The first-order valence-electron chi connectivity index (χ1n) is 8.34. The Bertz CT molecular complexity index is 1030. The molecule has 0 aromatic heterocycles. The first-order chi connectivity index (χ1) is 13.3. The Morgan fingerprint density at radius 2 is 1.89 bits per heavy atom. The van der Waals surface area contributed by atoms with Crippen molar-refractivity contribution in [3.63, 3.8) is 0 Å². The fourth-order valence-corrected chi connectivity index (χ4v) is 4.06. The minimum atomic E-state index is -3.96. The van der Waals surface area contributed by atoms with Crippen molar-refractivity contribution in [2.75, 3.05) is 17.1 Å². The molecule has 1 amide bonds. The Hall–Kier alpha value is -2.58. The van der Waals surface area contributed by atoms with E-state index in [0.717, 1.165) is 5.56 Å². The van der Waals surface area contributed by atoms with Crippen LogP contribution >= 0.6 is 15.9 Å². The van der Waals surface area contributed by atoms with Crippen LogP contribution in [0.5, 0.6) is 5.75 Å². The molecule has 0 aliphatic carbocycles. The molecule has 28 heavy (non-hydrogen) atoms. The summed E-state index contributed by atoms with van der Waals surface area (Å²) in [6.07, 6.45) is 6.44. The van der Waals surface area contributed by atoms with E-state index >= 15 is 0 Å². The van der Waals surface area contributed by atoms with Crippen LogP contribution in [-0.4, -0.2) is 21.4 Å². The van der Waals surface area contributed by atoms with Gasteiger partial charge in [-0.15, -0.1) is 0 Å². The predicted octanol–water partition coefficient (Wildman–Crippen LogP) is 4.64. The number of hydrogen-bond donors (Lipinski definition) is 2. The third kappa shape index (κ3) is 5.71. The Kier molecular flexibility index (Phi) is 7.42. The highest BCUT2D eigenvalue weighted by atomic mass is 79.9. The zero-order chi connectivity index (χ0) is 20.7. The number of halogens is 1. The molecule has 0 bridgehead atoms. The van der Waals surface area contributed by atoms with Crippen LogP contribution < -0.4 is 14.8 Å². The van der Waals surface area contributed by atoms with E-state index in [9.17, 15) is 13.2 Å². The van der Waals surface area contributed by atoms with E-state index in [1.54, 1.807) is 36.4 Å². The summed E-state index contributed by atoms with van der Waals surface area (Å²) < 4.78 is 34.2. The van der Waals surface area contributed by atoms with Crippen molar-refractivity contribution < 1.29 is 17.9 Å². The number of carbonyl (C=O) groups excluding carboxylic acids is 1. The summed E-state index contributed by atoms with van der Waals surface area (Å²) in [5, 5.41) is 2.63. The van der Waals surface area contributed by atoms with Crippen molar-refractivity contribution in [2.45, 2.75) is 18.7 Å². The van der Waals surface area contributed by atoms with Gasteiger partial charge >= 0.3 is 0 Å². The second-order valence-electron chi connectivity index (χ2n) is 5.83. The number of rotatable bonds is 7. The minimum absolute atomic E-state index is 0.0846. The van der Waals surface area contributed by atoms with Gasteiger partial charge in [0, 0.05) is 16.2 Å². The number of methoxy groups -OCH3 is 1. The number of anilines is 2. The lowest BCUT2D eigenvalue weighted by molar-refractivity contribution is -0.111. The van der Waals surface area contributed by atoms with E-state index < -0.39 is 10.0 Å². The van der Waals surface area contributed by atoms with Crippen molar-refractivity contribution in [1.29, 1.82) is 0 Å². The van der Waals surface area contributed by atoms with E-state index in [4.69, 9.17) is 4.74 Å². The maximum Gasteiger partial charge on any atom is 0.265 e. The number of amides is 1. The molecule has 2 aromatic carbocycles. The molecule has 0 aliphatic heterocycles. The van der Waals surface area contributed by atoms with Gasteiger partial charge in [0.2, 0.25) is 5.91 Å². The lowest BCUT2D eigenvalue weighted by atomic mass is 10.2. The van der Waals surface area contributed by atoms with Crippen molar-refractivity contribution in [3.05, 3.63) is 70.7 Å². The number of carbonyl (C=O) groups is 1. The summed E-state index contributed by atoms with van der Waals surface area (Å²) in [5.74, 6) is -0.209. The monoisotopic (exact) mass is 464 g/mol. The normalized spacial score (nSPS) is 11.7. The zero-order valence-electron chi connectivity index (χ0n) is 15.7. The molecule has 0 fully saturated rings. The summed E-state index contributed by atoms with van der Waals surface area (Å²) in [7, 11) is -2.58. The topological polar surface area (TPSA) is 84.5 Å². The maximum absolute atomic E-state index is 12.9. The van der Waals surface area contributed by atoms with Crippen molar-refractivity contribution in [1.82, 2.24) is 0 Å². The Labute approximate surface area is 173 Å². The van der Waals surface area contributed by atoms with Crippen molar-refractivity contribution in [3.8, 4) is 5.75 Å². The third-order valence-corrected chi connectivity index (χ3v) is 5.72. The summed E-state index contributed by atoms with van der Waals surface area (Å²) in [6.45, 7) is 3.70. The molecule has 0 saturated carbocycles. The third-order valence-electron chi connectivity index (χ3n) is 3.64. The van der Waals surface area contributed by atoms with Gasteiger partial charge in [0.25, 0.3) is 10.0 Å². The van der Waals surface area contributed by atoms with Crippen LogP contribution in [0.25, 0.3) is 0 Å². The average molecular weight is 465 g/mol. The smallest absolute Gasteiger partial charge is 0.265 e. The molecule has 0 saturated heterocycles. The molecular formula is C20H21BrN2O4S. The summed E-state index contributed by atoms with van der Waals surface area (Å²) in [6, 6.07) is 9.75. The Balaban J connectivity index is 2.36. The highest BCUT2D eigenvalue weighted by molar-refractivity contribution is 9.10. The minimum Gasteiger partial charge on any atom is -0.495 e. The van der Waals surface area contributed by atoms with E-state index in [0.29, 0.717) is 15.8 Å². The van der Waals surface area contributed by atoms with Gasteiger partial charge in [0.05, 0.1) is 12.8 Å². The molecule has 6 nitrogen and oxygen atoms in total. The van der Waals surface area contributed by atoms with Gasteiger partial charge in [-0.2, -0.15) is 0 Å². The van der Waals surface area contributed by atoms with Gasteiger partial charge < -0.3 is 10.1 Å². The van der Waals surface area contributed by atoms with Crippen LogP contribution in [0.4, 0.5) is 11.4 Å². The number of nitrogens with one attached hydrogen (secondary N) is 2. The predicted molar refractivity (Wildman–Crippen MR) is 115 cm³/mol. The van der Waals surface area contributed by atoms with Gasteiger partial charge in [-0.3, -0.25) is 9.52 Å². The maximum atomic E-state index is 12.9. The molecule has 2 aromatic rings. The molecule has 0 spiro atoms. The molecule has 0 unspecified atom stereocenters. The van der Waals surface area contributed by atoms with E-state index in [1.807, 2.05) is 19.9 Å². The van der Waals surface area contributed by atoms with E-state index in [2.05, 4.69) is 26.0 Å². The number of aryl methyl sites for hydroxylation is 1. The average Bonchev–Trinajstić information content (AvgIpc) is 2.64. The number of allylic oxidation sites excluding steroid dienone is 3. The zero-order valence-corrected chi connectivity index (χ0v) is 18.1. The Morgan fingerprint density at radius 3 is 2.57 bits per heavy atom. The lowest BCUT2D eigenvalue weighted by Crippen LogP contribution is -2.15. The molecule has 0 radical (unpaired) electrons. The fourth-order valence-electron chi connectivity index (χ4n) is 2.32. The standard InChI is InChI=1S/C20H21BrN2O4S/c1-4-5-6-7-20(24)22-15-9-11-18(27-3)19(13-15)28(25,26)23-17-12-14(2)8-10-16(17)21/h4-13,23H,1-3H3,(H,22,24)/b5-4+,7-6+. The molecular weight excluding hydrogens is 444 g/mol. The van der Waals surface area contributed by atoms with E-state index in [-0.39, 0.29) is 16.6 Å². The molecule has 8 heteroatoms. The quantitative estimate of drug-likeness (QED) is 0.461. The number of sulfonamides is 1. The molecule has 2 N–H and O–H groups in total. The number of ether oxygens (including phenoxy) is 1. The van der Waals surface area contributed by atoms with E-state index in [1.165, 1.54) is 25.3 Å². The van der Waals surface area contributed by atoms with Crippen LogP contribution in [0.1, 0.15) is 12.5 Å². The molecule has 0 aliphatic rings. The van der Waals surface area contributed by atoms with Gasteiger partial charge in [-0.25, -0.2) is 8.42 Å². The van der Waals surface area contributed by atoms with Crippen molar-refractivity contribution >= 4 is 43.2 Å². The van der Waals surface area contributed by atoms with Crippen LogP contribution in [0.15, 0.2) is 70.1 Å². The Morgan fingerprint density at radius 1 is 1.14 bits per heavy atom. The summed E-state index contributed by atoms with van der Waals surface area (Å²) >= 11 is 3.34. The van der Waals surface area contributed by atoms with Gasteiger partial charge in [0.15, 0.2) is 0 Å². The highest BCUT2D eigenvalue weighted by Crippen LogP contribution is 2.31. The van der Waals surface area contributed by atoms with Crippen LogP contribution in [0.2, 0.25) is 0 Å². The van der Waals surface area contributed by atoms with Crippen LogP contribution in [-0.2, 0) is 14.8 Å². The summed E-state index contributed by atoms with van der Waals surface area (Å²) in [4.78, 5) is 11.9. The number of hydrogen-bond acceptors (Lipinski definition) is 4. The SMILES string of the molecule is C/C=C/C=C/C(=O)Nc1ccc(OC)c(S(=O)(=O)Nc2cc(C)ccc2Br)c1. The summed E-state index contributed by atoms with van der Waals surface area (Å²) in [5.41, 5.74) is 1.65. The molecule has 0 atom stereocenters. The number of benzene rings is 2. The van der Waals surface area contributed by atoms with Gasteiger partial charge in [-0.05, 0) is 65.7 Å².